The molecule has 88 valence electrons. The molecule has 1 aliphatic carbocycles. The van der Waals surface area contributed by atoms with Crippen LogP contribution in [0.2, 0.25) is 0 Å². The van der Waals surface area contributed by atoms with Crippen molar-refractivity contribution in [2.45, 2.75) is 39.5 Å². The summed E-state index contributed by atoms with van der Waals surface area (Å²) in [4.78, 5) is 19.5. The number of hydrogen-bond donors (Lipinski definition) is 0. The number of aryl methyl sites for hydroxylation is 2. The number of carbonyl (C=O) groups excluding carboxylic acids is 1. The Hall–Kier alpha value is -0.900. The Kier molecular flexibility index (Phi) is 3.28. The van der Waals surface area contributed by atoms with E-state index in [1.807, 2.05) is 20.9 Å². The van der Waals surface area contributed by atoms with E-state index in [9.17, 15) is 4.79 Å². The van der Waals surface area contributed by atoms with Gasteiger partial charge in [0.05, 0.1) is 5.69 Å². The number of carbonyl (C=O) groups is 1. The highest BCUT2D eigenvalue weighted by Crippen LogP contribution is 2.30. The lowest BCUT2D eigenvalue weighted by Gasteiger charge is -2.17. The zero-order valence-corrected chi connectivity index (χ0v) is 10.9. The summed E-state index contributed by atoms with van der Waals surface area (Å²) in [5.41, 5.74) is 1.03. The molecule has 0 spiro atoms. The molecule has 3 nitrogen and oxygen atoms in total. The number of thiazole rings is 1. The fourth-order valence-corrected chi connectivity index (χ4v) is 3.02. The fraction of sp³-hybridized carbons (Fsp3) is 0.667. The molecule has 0 unspecified atom stereocenters. The molecule has 0 aromatic carbocycles. The van der Waals surface area contributed by atoms with Crippen molar-refractivity contribution in [3.05, 3.63) is 10.6 Å². The molecular formula is C12H18N2OS. The molecular weight excluding hydrogens is 220 g/mol. The Labute approximate surface area is 100 Å². The maximum Gasteiger partial charge on any atom is 0.231 e. The summed E-state index contributed by atoms with van der Waals surface area (Å²) in [5, 5.41) is 0.840. The van der Waals surface area contributed by atoms with Crippen molar-refractivity contribution >= 4 is 22.4 Å². The van der Waals surface area contributed by atoms with Gasteiger partial charge >= 0.3 is 0 Å². The van der Waals surface area contributed by atoms with Crippen LogP contribution in [0.25, 0.3) is 0 Å². The van der Waals surface area contributed by atoms with Gasteiger partial charge < -0.3 is 0 Å². The summed E-state index contributed by atoms with van der Waals surface area (Å²) < 4.78 is 0. The summed E-state index contributed by atoms with van der Waals surface area (Å²) in [6.45, 7) is 4.04. The van der Waals surface area contributed by atoms with E-state index in [0.29, 0.717) is 0 Å². The van der Waals surface area contributed by atoms with E-state index < -0.39 is 0 Å². The van der Waals surface area contributed by atoms with E-state index in [1.54, 1.807) is 16.2 Å². The van der Waals surface area contributed by atoms with Gasteiger partial charge in [0.1, 0.15) is 0 Å². The lowest BCUT2D eigenvalue weighted by atomic mass is 10.1. The molecule has 0 N–H and O–H groups in total. The van der Waals surface area contributed by atoms with Crippen LogP contribution in [-0.4, -0.2) is 17.9 Å². The van der Waals surface area contributed by atoms with Crippen LogP contribution in [0.4, 0.5) is 5.13 Å². The second-order valence-corrected chi connectivity index (χ2v) is 5.70. The SMILES string of the molecule is Cc1nc(N(C)C(=O)C2CCCC2)sc1C. The van der Waals surface area contributed by atoms with Crippen molar-refractivity contribution in [3.8, 4) is 0 Å². The molecule has 0 saturated heterocycles. The summed E-state index contributed by atoms with van der Waals surface area (Å²) >= 11 is 1.60. The van der Waals surface area contributed by atoms with Crippen LogP contribution >= 0.6 is 11.3 Å². The van der Waals surface area contributed by atoms with Crippen LogP contribution < -0.4 is 4.90 Å². The average molecular weight is 238 g/mol. The lowest BCUT2D eigenvalue weighted by Crippen LogP contribution is -2.31. The van der Waals surface area contributed by atoms with Crippen LogP contribution in [0.5, 0.6) is 0 Å². The third-order valence-electron chi connectivity index (χ3n) is 3.34. The Balaban J connectivity index is 2.11. The third kappa shape index (κ3) is 2.12. The van der Waals surface area contributed by atoms with E-state index >= 15 is 0 Å². The monoisotopic (exact) mass is 238 g/mol. The minimum absolute atomic E-state index is 0.231. The molecule has 1 aliphatic rings. The van der Waals surface area contributed by atoms with Gasteiger partial charge in [0, 0.05) is 17.8 Å². The van der Waals surface area contributed by atoms with Gasteiger partial charge in [-0.05, 0) is 26.7 Å². The van der Waals surface area contributed by atoms with E-state index in [2.05, 4.69) is 4.98 Å². The van der Waals surface area contributed by atoms with E-state index in [1.165, 1.54) is 17.7 Å². The maximum atomic E-state index is 12.2. The maximum absolute atomic E-state index is 12.2. The molecule has 1 saturated carbocycles. The number of anilines is 1. The van der Waals surface area contributed by atoms with Gasteiger partial charge in [-0.15, -0.1) is 11.3 Å². The Bertz CT molecular complexity index is 374. The predicted molar refractivity (Wildman–Crippen MR) is 67.0 cm³/mol. The van der Waals surface area contributed by atoms with Crippen molar-refractivity contribution in [2.75, 3.05) is 11.9 Å². The van der Waals surface area contributed by atoms with Gasteiger partial charge in [0.2, 0.25) is 5.91 Å². The van der Waals surface area contributed by atoms with Gasteiger partial charge in [-0.2, -0.15) is 0 Å². The van der Waals surface area contributed by atoms with Gasteiger partial charge in [-0.25, -0.2) is 4.98 Å². The number of nitrogens with zero attached hydrogens (tertiary/aromatic N) is 2. The van der Waals surface area contributed by atoms with Gasteiger partial charge in [0.15, 0.2) is 5.13 Å². The quantitative estimate of drug-likeness (QED) is 0.793. The number of aromatic nitrogens is 1. The van der Waals surface area contributed by atoms with Gasteiger partial charge in [-0.3, -0.25) is 9.69 Å². The summed E-state index contributed by atoms with van der Waals surface area (Å²) in [6, 6.07) is 0. The van der Waals surface area contributed by atoms with Crippen LogP contribution in [0.15, 0.2) is 0 Å². The number of amides is 1. The van der Waals surface area contributed by atoms with Crippen molar-refractivity contribution < 1.29 is 4.79 Å². The molecule has 1 amide bonds. The fourth-order valence-electron chi connectivity index (χ4n) is 2.14. The van der Waals surface area contributed by atoms with Crippen LogP contribution in [0, 0.1) is 19.8 Å². The first-order valence-corrected chi connectivity index (χ1v) is 6.63. The van der Waals surface area contributed by atoms with Gasteiger partial charge in [-0.1, -0.05) is 12.8 Å². The summed E-state index contributed by atoms with van der Waals surface area (Å²) in [7, 11) is 1.85. The Morgan fingerprint density at radius 3 is 2.50 bits per heavy atom. The highest BCUT2D eigenvalue weighted by molar-refractivity contribution is 7.15. The summed E-state index contributed by atoms with van der Waals surface area (Å²) in [6.07, 6.45) is 4.49. The highest BCUT2D eigenvalue weighted by Gasteiger charge is 2.27. The molecule has 1 aromatic rings. The van der Waals surface area contributed by atoms with Gasteiger partial charge in [0.25, 0.3) is 0 Å². The van der Waals surface area contributed by atoms with Crippen molar-refractivity contribution in [2.24, 2.45) is 5.92 Å². The standard InChI is InChI=1S/C12H18N2OS/c1-8-9(2)16-12(13-8)14(3)11(15)10-6-4-5-7-10/h10H,4-7H2,1-3H3. The minimum atomic E-state index is 0.231. The minimum Gasteiger partial charge on any atom is -0.291 e. The van der Waals surface area contributed by atoms with Crippen LogP contribution in [-0.2, 0) is 4.79 Å². The molecule has 0 bridgehead atoms. The second-order valence-electron chi connectivity index (χ2n) is 4.52. The van der Waals surface area contributed by atoms with E-state index in [4.69, 9.17) is 0 Å². The smallest absolute Gasteiger partial charge is 0.231 e. The largest absolute Gasteiger partial charge is 0.291 e. The molecule has 1 fully saturated rings. The molecule has 0 aliphatic heterocycles. The normalized spacial score (nSPS) is 16.7. The summed E-state index contributed by atoms with van der Waals surface area (Å²) in [5.74, 6) is 0.473. The second kappa shape index (κ2) is 4.53. The third-order valence-corrected chi connectivity index (χ3v) is 4.49. The Morgan fingerprint density at radius 2 is 2.00 bits per heavy atom. The average Bonchev–Trinajstić information content (AvgIpc) is 2.87. The zero-order chi connectivity index (χ0) is 11.7. The first-order chi connectivity index (χ1) is 7.59. The topological polar surface area (TPSA) is 33.2 Å². The molecule has 0 atom stereocenters. The van der Waals surface area contributed by atoms with Crippen molar-refractivity contribution in [1.29, 1.82) is 0 Å². The molecule has 1 heterocycles. The lowest BCUT2D eigenvalue weighted by molar-refractivity contribution is -0.121. The van der Waals surface area contributed by atoms with Crippen molar-refractivity contribution in [3.63, 3.8) is 0 Å². The molecule has 2 rings (SSSR count). The molecule has 4 heteroatoms. The van der Waals surface area contributed by atoms with Crippen molar-refractivity contribution in [1.82, 2.24) is 4.98 Å². The number of hydrogen-bond acceptors (Lipinski definition) is 3. The molecule has 16 heavy (non-hydrogen) atoms. The van der Waals surface area contributed by atoms with E-state index in [-0.39, 0.29) is 11.8 Å². The molecule has 0 radical (unpaired) electrons. The predicted octanol–water partition coefficient (Wildman–Crippen LogP) is 2.91. The first kappa shape index (κ1) is 11.6. The first-order valence-electron chi connectivity index (χ1n) is 5.81. The van der Waals surface area contributed by atoms with Crippen LogP contribution in [0.1, 0.15) is 36.3 Å². The Morgan fingerprint density at radius 1 is 1.38 bits per heavy atom. The van der Waals surface area contributed by atoms with E-state index in [0.717, 1.165) is 23.7 Å². The number of rotatable bonds is 2. The zero-order valence-electron chi connectivity index (χ0n) is 10.1. The van der Waals surface area contributed by atoms with Crippen LogP contribution in [0.3, 0.4) is 0 Å². The highest BCUT2D eigenvalue weighted by atomic mass is 32.1. The molecule has 1 aromatic heterocycles.